The van der Waals surface area contributed by atoms with Crippen LogP contribution in [0.3, 0.4) is 0 Å². The zero-order chi connectivity index (χ0) is 33.9. The first-order valence-electron chi connectivity index (χ1n) is 15.2. The van der Waals surface area contributed by atoms with Gasteiger partial charge in [0.1, 0.15) is 29.5 Å². The predicted molar refractivity (Wildman–Crippen MR) is 178 cm³/mol. The number of fused-ring (bicyclic) bond motifs is 7. The Hall–Kier alpha value is -4.34. The molecule has 0 atom stereocenters. The Morgan fingerprint density at radius 1 is 0.961 bits per heavy atom. The number of anilines is 1. The van der Waals surface area contributed by atoms with E-state index in [0.717, 1.165) is 5.56 Å². The minimum Gasteiger partial charge on any atom is -0.872 e. The Kier molecular flexibility index (Phi) is 10.3. The molecule has 244 valence electrons. The Morgan fingerprint density at radius 3 is 2.31 bits per heavy atom. The molecule has 3 N–H and O–H groups in total. The fourth-order valence-corrected chi connectivity index (χ4v) is 6.43. The summed E-state index contributed by atoms with van der Waals surface area (Å²) in [5.41, 5.74) is 3.64. The summed E-state index contributed by atoms with van der Waals surface area (Å²) in [5, 5.41) is 41.1. The molecule has 0 unspecified atom stereocenters. The largest absolute Gasteiger partial charge is 1.00 e. The first kappa shape index (κ1) is 36.5. The zero-order valence-electron chi connectivity index (χ0n) is 27.7. The number of aryl methyl sites for hydroxylation is 1. The average molecular weight is 718 g/mol. The molecule has 0 radical (unpaired) electrons. The molecule has 0 bridgehead atoms. The normalized spacial score (nSPS) is 13.1. The summed E-state index contributed by atoms with van der Waals surface area (Å²) >= 11 is 5.49. The SMILES string of the molecule is Cc1nc2cnc(-c3ccc(OCCNC(=S)Nc4ccc5c(c4)C(=O)OC54c5ccc([O-])cc5Oc5cc([O-])ccc54)cc3)cn2c1O.[Na+].[Na+]. The first-order valence-corrected chi connectivity index (χ1v) is 15.6. The van der Waals surface area contributed by atoms with Crippen LogP contribution in [-0.4, -0.2) is 43.7 Å². The van der Waals surface area contributed by atoms with Crippen LogP contribution in [0.15, 0.2) is 91.3 Å². The van der Waals surface area contributed by atoms with Gasteiger partial charge in [-0.05, 0) is 67.7 Å². The summed E-state index contributed by atoms with van der Waals surface area (Å²) in [6.07, 6.45) is 3.35. The van der Waals surface area contributed by atoms with Crippen molar-refractivity contribution in [1.82, 2.24) is 19.7 Å². The number of benzene rings is 4. The molecular weight excluding hydrogens is 692 g/mol. The number of nitrogens with one attached hydrogen (secondary N) is 2. The van der Waals surface area contributed by atoms with E-state index in [1.165, 1.54) is 24.3 Å². The Morgan fingerprint density at radius 2 is 1.63 bits per heavy atom. The molecule has 6 aromatic rings. The van der Waals surface area contributed by atoms with E-state index < -0.39 is 11.6 Å². The number of carbonyl (C=O) groups excluding carboxylic acids is 1. The Labute approximate surface area is 341 Å². The van der Waals surface area contributed by atoms with E-state index in [2.05, 4.69) is 20.6 Å². The fraction of sp³-hybridized carbons (Fsp3) is 0.111. The van der Waals surface area contributed by atoms with Gasteiger partial charge in [0.15, 0.2) is 16.4 Å². The third-order valence-corrected chi connectivity index (χ3v) is 8.71. The van der Waals surface area contributed by atoms with Gasteiger partial charge in [0, 0.05) is 34.1 Å². The Bertz CT molecular complexity index is 2280. The molecule has 4 heterocycles. The minimum atomic E-state index is -1.39. The molecular formula is C36H25N5Na2O7S. The standard InChI is InChI=1S/C36H27N5O7S.2Na/c1-19-33(44)41-18-29(38-17-32(41)39-19)20-2-7-24(8-3-20)46-13-12-37-35(49)40-21-4-9-26-25(14-21)34(45)48-36(26)27-10-5-22(42)15-30(27)47-31-16-23(43)6-11-28(31)36;;/h2-11,14-18,42-44H,12-13H2,1H3,(H2,37,40,49);;/q;2*+1/p-2. The fourth-order valence-electron chi connectivity index (χ4n) is 6.21. The van der Waals surface area contributed by atoms with Crippen LogP contribution in [0.25, 0.3) is 16.9 Å². The van der Waals surface area contributed by atoms with Crippen molar-refractivity contribution in [3.8, 4) is 45.9 Å². The molecule has 0 fully saturated rings. The van der Waals surface area contributed by atoms with Gasteiger partial charge >= 0.3 is 65.1 Å². The van der Waals surface area contributed by atoms with Gasteiger partial charge in [-0.25, -0.2) is 9.78 Å². The van der Waals surface area contributed by atoms with Crippen LogP contribution < -0.4 is 89.4 Å². The first-order chi connectivity index (χ1) is 23.7. The molecule has 15 heteroatoms. The molecule has 12 nitrogen and oxygen atoms in total. The smallest absolute Gasteiger partial charge is 0.872 e. The number of hydrogen-bond acceptors (Lipinski definition) is 10. The number of thiocarbonyl (C=S) groups is 1. The summed E-state index contributed by atoms with van der Waals surface area (Å²) in [5.74, 6) is 0.0550. The molecule has 8 rings (SSSR count). The molecule has 0 amide bonds. The number of rotatable bonds is 6. The quantitative estimate of drug-likeness (QED) is 0.0792. The van der Waals surface area contributed by atoms with Crippen LogP contribution in [0.2, 0.25) is 0 Å². The van der Waals surface area contributed by atoms with E-state index in [0.29, 0.717) is 69.0 Å². The van der Waals surface area contributed by atoms with E-state index in [4.69, 9.17) is 26.4 Å². The van der Waals surface area contributed by atoms with E-state index in [-0.39, 0.29) is 88.0 Å². The van der Waals surface area contributed by atoms with Crippen LogP contribution in [0.1, 0.15) is 32.7 Å². The van der Waals surface area contributed by atoms with Crippen molar-refractivity contribution in [3.05, 3.63) is 119 Å². The van der Waals surface area contributed by atoms with E-state index in [1.807, 2.05) is 24.3 Å². The summed E-state index contributed by atoms with van der Waals surface area (Å²) in [6, 6.07) is 21.2. The van der Waals surface area contributed by atoms with Gasteiger partial charge in [-0.2, -0.15) is 0 Å². The molecule has 2 aromatic heterocycles. The maximum absolute atomic E-state index is 13.3. The molecule has 2 aliphatic heterocycles. The summed E-state index contributed by atoms with van der Waals surface area (Å²) in [4.78, 5) is 22.1. The monoisotopic (exact) mass is 717 g/mol. The minimum absolute atomic E-state index is 0. The van der Waals surface area contributed by atoms with Gasteiger partial charge in [0.25, 0.3) is 0 Å². The van der Waals surface area contributed by atoms with Crippen molar-refractivity contribution in [2.24, 2.45) is 0 Å². The second-order valence-electron chi connectivity index (χ2n) is 11.5. The van der Waals surface area contributed by atoms with Crippen molar-refractivity contribution >= 4 is 34.6 Å². The second kappa shape index (κ2) is 14.4. The summed E-state index contributed by atoms with van der Waals surface area (Å²) < 4.78 is 19.5. The van der Waals surface area contributed by atoms with Gasteiger partial charge in [-0.3, -0.25) is 9.38 Å². The Balaban J connectivity index is 0.00000224. The van der Waals surface area contributed by atoms with Crippen LogP contribution in [0.4, 0.5) is 5.69 Å². The van der Waals surface area contributed by atoms with Gasteiger partial charge in [-0.15, -0.1) is 11.5 Å². The van der Waals surface area contributed by atoms with Crippen molar-refractivity contribution in [2.75, 3.05) is 18.5 Å². The number of hydrogen-bond donors (Lipinski definition) is 3. The van der Waals surface area contributed by atoms with Crippen LogP contribution in [-0.2, 0) is 10.3 Å². The number of esters is 1. The predicted octanol–water partition coefficient (Wildman–Crippen LogP) is -1.50. The van der Waals surface area contributed by atoms with Crippen molar-refractivity contribution < 1.29 is 93.4 Å². The molecule has 0 saturated heterocycles. The maximum atomic E-state index is 13.3. The molecule has 2 aliphatic rings. The number of carbonyl (C=O) groups is 1. The van der Waals surface area contributed by atoms with Crippen molar-refractivity contribution in [1.29, 1.82) is 0 Å². The van der Waals surface area contributed by atoms with Gasteiger partial charge in [-0.1, -0.05) is 30.3 Å². The summed E-state index contributed by atoms with van der Waals surface area (Å²) in [6.45, 7) is 2.46. The number of aromatic hydroxyl groups is 1. The van der Waals surface area contributed by atoms with Gasteiger partial charge in [0.05, 0.1) is 24.0 Å². The van der Waals surface area contributed by atoms with E-state index in [1.54, 1.807) is 54.0 Å². The number of imidazole rings is 1. The van der Waals surface area contributed by atoms with E-state index >= 15 is 0 Å². The topological polar surface area (TPSA) is 165 Å². The number of aromatic nitrogens is 3. The van der Waals surface area contributed by atoms with Crippen molar-refractivity contribution in [3.63, 3.8) is 0 Å². The van der Waals surface area contributed by atoms with Crippen molar-refractivity contribution in [2.45, 2.75) is 12.5 Å². The molecule has 0 saturated carbocycles. The maximum Gasteiger partial charge on any atom is 1.00 e. The molecule has 51 heavy (non-hydrogen) atoms. The van der Waals surface area contributed by atoms with Crippen LogP contribution in [0, 0.1) is 6.92 Å². The van der Waals surface area contributed by atoms with E-state index in [9.17, 15) is 20.1 Å². The van der Waals surface area contributed by atoms with Crippen LogP contribution in [0.5, 0.6) is 34.6 Å². The van der Waals surface area contributed by atoms with Crippen LogP contribution >= 0.6 is 12.2 Å². The average Bonchev–Trinajstić information content (AvgIpc) is 3.54. The third kappa shape index (κ3) is 6.51. The molecule has 0 aliphatic carbocycles. The van der Waals surface area contributed by atoms with Gasteiger partial charge < -0.3 is 40.2 Å². The zero-order valence-corrected chi connectivity index (χ0v) is 32.5. The second-order valence-corrected chi connectivity index (χ2v) is 11.9. The van der Waals surface area contributed by atoms with Gasteiger partial charge in [0.2, 0.25) is 5.88 Å². The molecule has 4 aromatic carbocycles. The molecule has 1 spiro atoms. The number of nitrogens with zero attached hydrogens (tertiary/aromatic N) is 3. The third-order valence-electron chi connectivity index (χ3n) is 8.46. The number of ether oxygens (including phenoxy) is 3. The summed E-state index contributed by atoms with van der Waals surface area (Å²) in [7, 11) is 0.